The van der Waals surface area contributed by atoms with Gasteiger partial charge in [-0.25, -0.2) is 19.2 Å². The number of nitrogens with zero attached hydrogens (tertiary/aromatic N) is 4. The summed E-state index contributed by atoms with van der Waals surface area (Å²) in [4.78, 5) is 24.6. The summed E-state index contributed by atoms with van der Waals surface area (Å²) in [6.45, 7) is 4.34. The number of benzene rings is 2. The number of hydrogen-bond donors (Lipinski definition) is 0. The molecule has 1 unspecified atom stereocenters. The zero-order valence-corrected chi connectivity index (χ0v) is 15.8. The first-order valence-corrected chi connectivity index (χ1v) is 9.17. The monoisotopic (exact) mass is 380 g/mol. The number of ether oxygens (including phenoxy) is 1. The summed E-state index contributed by atoms with van der Waals surface area (Å²) in [6, 6.07) is 12.4. The number of hydrogen-bond acceptors (Lipinski definition) is 6. The molecule has 1 aliphatic heterocycles. The fraction of sp³-hybridized carbons (Fsp3) is 0.286. The Kier molecular flexibility index (Phi) is 4.81. The van der Waals surface area contributed by atoms with Crippen molar-refractivity contribution in [3.05, 3.63) is 60.2 Å². The number of aromatic nitrogens is 2. The zero-order chi connectivity index (χ0) is 19.7. The molecule has 1 saturated heterocycles. The van der Waals surface area contributed by atoms with Gasteiger partial charge in [0, 0.05) is 31.4 Å². The van der Waals surface area contributed by atoms with E-state index in [9.17, 15) is 9.18 Å². The maximum Gasteiger partial charge on any atom is 0.337 e. The predicted molar refractivity (Wildman–Crippen MR) is 106 cm³/mol. The molecule has 2 heterocycles. The van der Waals surface area contributed by atoms with E-state index in [1.165, 1.54) is 19.5 Å². The highest BCUT2D eigenvalue weighted by Gasteiger charge is 2.27. The molecule has 1 fully saturated rings. The van der Waals surface area contributed by atoms with Gasteiger partial charge in [0.1, 0.15) is 18.0 Å². The van der Waals surface area contributed by atoms with E-state index in [-0.39, 0.29) is 17.8 Å². The maximum atomic E-state index is 14.4. The van der Waals surface area contributed by atoms with Crippen molar-refractivity contribution < 1.29 is 13.9 Å². The van der Waals surface area contributed by atoms with E-state index in [4.69, 9.17) is 4.74 Å². The van der Waals surface area contributed by atoms with Crippen molar-refractivity contribution in [3.8, 4) is 0 Å². The van der Waals surface area contributed by atoms with Crippen LogP contribution in [0, 0.1) is 5.82 Å². The summed E-state index contributed by atoms with van der Waals surface area (Å²) in [7, 11) is 1.37. The molecular weight excluding hydrogens is 359 g/mol. The lowest BCUT2D eigenvalue weighted by Crippen LogP contribution is -2.52. The van der Waals surface area contributed by atoms with Crippen LogP contribution >= 0.6 is 0 Å². The van der Waals surface area contributed by atoms with E-state index in [1.807, 2.05) is 12.1 Å². The van der Waals surface area contributed by atoms with Crippen molar-refractivity contribution in [1.82, 2.24) is 9.97 Å². The Morgan fingerprint density at radius 3 is 2.64 bits per heavy atom. The second-order valence-corrected chi connectivity index (χ2v) is 6.86. The van der Waals surface area contributed by atoms with E-state index < -0.39 is 0 Å². The van der Waals surface area contributed by atoms with Crippen molar-refractivity contribution in [2.75, 3.05) is 36.5 Å². The molecule has 1 atom stereocenters. The molecule has 28 heavy (non-hydrogen) atoms. The third-order valence-corrected chi connectivity index (χ3v) is 5.15. The summed E-state index contributed by atoms with van der Waals surface area (Å²) in [5, 5.41) is 0.465. The van der Waals surface area contributed by atoms with E-state index in [0.29, 0.717) is 28.8 Å². The highest BCUT2D eigenvalue weighted by molar-refractivity contribution is 5.90. The van der Waals surface area contributed by atoms with Crippen molar-refractivity contribution in [2.24, 2.45) is 0 Å². The van der Waals surface area contributed by atoms with Gasteiger partial charge < -0.3 is 14.5 Å². The Labute approximate surface area is 162 Å². The summed E-state index contributed by atoms with van der Waals surface area (Å²) in [5.41, 5.74) is 2.18. The molecule has 144 valence electrons. The standard InChI is InChI=1S/C21H21FN4O2/c1-14-12-25(16-8-6-15(7-9-16)21(27)28-2)10-11-26(14)20-19-17(22)4-3-5-18(19)23-13-24-20/h3-9,13-14H,10-12H2,1-2H3. The largest absolute Gasteiger partial charge is 0.465 e. The number of fused-ring (bicyclic) bond motifs is 1. The average Bonchev–Trinajstić information content (AvgIpc) is 2.73. The SMILES string of the molecule is COC(=O)c1ccc(N2CCN(c3ncnc4cccc(F)c34)C(C)C2)cc1. The number of halogens is 1. The lowest BCUT2D eigenvalue weighted by molar-refractivity contribution is 0.0600. The highest BCUT2D eigenvalue weighted by atomic mass is 19.1. The van der Waals surface area contributed by atoms with Crippen LogP contribution in [0.5, 0.6) is 0 Å². The van der Waals surface area contributed by atoms with Crippen molar-refractivity contribution in [1.29, 1.82) is 0 Å². The number of piperazine rings is 1. The van der Waals surface area contributed by atoms with Gasteiger partial charge in [-0.05, 0) is 43.3 Å². The predicted octanol–water partition coefficient (Wildman–Crippen LogP) is 3.27. The average molecular weight is 380 g/mol. The van der Waals surface area contributed by atoms with Gasteiger partial charge in [0.05, 0.1) is 23.6 Å². The van der Waals surface area contributed by atoms with Crippen molar-refractivity contribution in [3.63, 3.8) is 0 Å². The van der Waals surface area contributed by atoms with E-state index in [0.717, 1.165) is 18.8 Å². The van der Waals surface area contributed by atoms with Crippen LogP contribution in [-0.2, 0) is 4.74 Å². The van der Waals surface area contributed by atoms with Crippen LogP contribution in [0.3, 0.4) is 0 Å². The number of methoxy groups -OCH3 is 1. The Hall–Kier alpha value is -3.22. The van der Waals surface area contributed by atoms with Crippen molar-refractivity contribution >= 4 is 28.4 Å². The molecule has 7 heteroatoms. The van der Waals surface area contributed by atoms with Crippen LogP contribution in [0.25, 0.3) is 10.9 Å². The Morgan fingerprint density at radius 1 is 1.14 bits per heavy atom. The first kappa shape index (κ1) is 18.2. The number of anilines is 2. The first-order valence-electron chi connectivity index (χ1n) is 9.17. The number of carbonyl (C=O) groups is 1. The quantitative estimate of drug-likeness (QED) is 0.650. The fourth-order valence-corrected chi connectivity index (χ4v) is 3.70. The Morgan fingerprint density at radius 2 is 1.93 bits per heavy atom. The third kappa shape index (κ3) is 3.24. The molecule has 0 amide bonds. The van der Waals surface area contributed by atoms with Gasteiger partial charge in [-0.3, -0.25) is 0 Å². The third-order valence-electron chi connectivity index (χ3n) is 5.15. The molecule has 0 N–H and O–H groups in total. The van der Waals surface area contributed by atoms with Gasteiger partial charge >= 0.3 is 5.97 Å². The minimum absolute atomic E-state index is 0.131. The van der Waals surface area contributed by atoms with Crippen LogP contribution < -0.4 is 9.80 Å². The van der Waals surface area contributed by atoms with Crippen LogP contribution in [0.15, 0.2) is 48.8 Å². The lowest BCUT2D eigenvalue weighted by Gasteiger charge is -2.42. The molecule has 3 aromatic rings. The molecule has 1 aromatic heterocycles. The van der Waals surface area contributed by atoms with E-state index in [2.05, 4.69) is 26.7 Å². The smallest absolute Gasteiger partial charge is 0.337 e. The molecule has 4 rings (SSSR count). The molecular formula is C21H21FN4O2. The van der Waals surface area contributed by atoms with Crippen molar-refractivity contribution in [2.45, 2.75) is 13.0 Å². The van der Waals surface area contributed by atoms with E-state index in [1.54, 1.807) is 24.3 Å². The zero-order valence-electron chi connectivity index (χ0n) is 15.8. The van der Waals surface area contributed by atoms with Crippen LogP contribution in [0.1, 0.15) is 17.3 Å². The van der Waals surface area contributed by atoms with Gasteiger partial charge in [0.25, 0.3) is 0 Å². The number of rotatable bonds is 3. The molecule has 6 nitrogen and oxygen atoms in total. The van der Waals surface area contributed by atoms with Crippen LogP contribution in [-0.4, -0.2) is 48.7 Å². The summed E-state index contributed by atoms with van der Waals surface area (Å²) in [5.74, 6) is -0.0141. The molecule has 0 aliphatic carbocycles. The molecule has 0 bridgehead atoms. The normalized spacial score (nSPS) is 17.0. The molecule has 1 aliphatic rings. The lowest BCUT2D eigenvalue weighted by atomic mass is 10.1. The maximum absolute atomic E-state index is 14.4. The summed E-state index contributed by atoms with van der Waals surface area (Å²) in [6.07, 6.45) is 1.49. The highest BCUT2D eigenvalue weighted by Crippen LogP contribution is 2.29. The van der Waals surface area contributed by atoms with Gasteiger partial charge in [-0.2, -0.15) is 0 Å². The van der Waals surface area contributed by atoms with Gasteiger partial charge in [0.2, 0.25) is 0 Å². The second-order valence-electron chi connectivity index (χ2n) is 6.86. The molecule has 0 radical (unpaired) electrons. The van der Waals surface area contributed by atoms with Gasteiger partial charge in [0.15, 0.2) is 0 Å². The number of esters is 1. The van der Waals surface area contributed by atoms with Crippen LogP contribution in [0.4, 0.5) is 15.9 Å². The first-order chi connectivity index (χ1) is 13.6. The van der Waals surface area contributed by atoms with Crippen LogP contribution in [0.2, 0.25) is 0 Å². The fourth-order valence-electron chi connectivity index (χ4n) is 3.70. The summed E-state index contributed by atoms with van der Waals surface area (Å²) >= 11 is 0. The Bertz CT molecular complexity index is 1000. The molecule has 0 saturated carbocycles. The second kappa shape index (κ2) is 7.42. The minimum atomic E-state index is -0.345. The van der Waals surface area contributed by atoms with E-state index >= 15 is 0 Å². The Balaban J connectivity index is 1.56. The van der Waals surface area contributed by atoms with Gasteiger partial charge in [-0.15, -0.1) is 0 Å². The minimum Gasteiger partial charge on any atom is -0.465 e. The van der Waals surface area contributed by atoms with Gasteiger partial charge in [-0.1, -0.05) is 6.07 Å². The molecule has 0 spiro atoms. The molecule has 2 aromatic carbocycles. The summed E-state index contributed by atoms with van der Waals surface area (Å²) < 4.78 is 19.2. The number of carbonyl (C=O) groups excluding carboxylic acids is 1. The topological polar surface area (TPSA) is 58.6 Å².